The van der Waals surface area contributed by atoms with Crippen molar-refractivity contribution in [3.63, 3.8) is 0 Å². The van der Waals surface area contributed by atoms with Crippen molar-refractivity contribution >= 4 is 44.8 Å². The van der Waals surface area contributed by atoms with Gasteiger partial charge in [-0.1, -0.05) is 57.3 Å². The molecule has 0 amide bonds. The number of ether oxygens (including phenoxy) is 1. The van der Waals surface area contributed by atoms with E-state index in [0.29, 0.717) is 16.5 Å². The molecule has 0 bridgehead atoms. The van der Waals surface area contributed by atoms with Crippen molar-refractivity contribution in [1.82, 2.24) is 5.01 Å². The van der Waals surface area contributed by atoms with Gasteiger partial charge in [0.1, 0.15) is 11.6 Å². The van der Waals surface area contributed by atoms with Gasteiger partial charge in [0, 0.05) is 27.0 Å². The molecule has 3 nitrogen and oxygen atoms in total. The van der Waals surface area contributed by atoms with E-state index in [9.17, 15) is 4.39 Å². The lowest BCUT2D eigenvalue weighted by Crippen LogP contribution is -2.33. The van der Waals surface area contributed by atoms with Crippen LogP contribution >= 0.6 is 39.1 Å². The maximum atomic E-state index is 13.4. The second-order valence-electron chi connectivity index (χ2n) is 6.97. The van der Waals surface area contributed by atoms with E-state index in [4.69, 9.17) is 33.0 Å². The maximum Gasteiger partial charge on any atom is 0.215 e. The molecule has 0 aliphatic carbocycles. The van der Waals surface area contributed by atoms with Crippen molar-refractivity contribution in [2.75, 3.05) is 0 Å². The standard InChI is InChI=1S/C22H14BrCl2FN2O/c23-13-3-8-21-17(9-13)20-11-19(12-1-5-15(26)6-2-12)27-28(20)22(29-21)16-7-4-14(24)10-18(16)25/h1-10,20,22H,11H2/t20-,22-/m0/s1. The number of hydrogen-bond donors (Lipinski definition) is 0. The fraction of sp³-hybridized carbons (Fsp3) is 0.136. The normalized spacial score (nSPS) is 20.0. The van der Waals surface area contributed by atoms with Crippen molar-refractivity contribution in [1.29, 1.82) is 0 Å². The highest BCUT2D eigenvalue weighted by molar-refractivity contribution is 9.10. The largest absolute Gasteiger partial charge is 0.464 e. The van der Waals surface area contributed by atoms with Crippen LogP contribution in [0.25, 0.3) is 0 Å². The molecule has 0 saturated heterocycles. The Kier molecular flexibility index (Phi) is 4.77. The zero-order valence-electron chi connectivity index (χ0n) is 14.9. The number of halogens is 4. The maximum absolute atomic E-state index is 13.4. The Morgan fingerprint density at radius 1 is 1.00 bits per heavy atom. The van der Waals surface area contributed by atoms with Gasteiger partial charge >= 0.3 is 0 Å². The first kappa shape index (κ1) is 18.9. The summed E-state index contributed by atoms with van der Waals surface area (Å²) in [7, 11) is 0. The Bertz CT molecular complexity index is 1140. The van der Waals surface area contributed by atoms with E-state index in [1.165, 1.54) is 12.1 Å². The van der Waals surface area contributed by atoms with E-state index in [2.05, 4.69) is 22.0 Å². The number of fused-ring (bicyclic) bond motifs is 3. The van der Waals surface area contributed by atoms with Crippen LogP contribution in [-0.4, -0.2) is 10.7 Å². The van der Waals surface area contributed by atoms with Crippen LogP contribution < -0.4 is 4.74 Å². The second kappa shape index (κ2) is 7.31. The van der Waals surface area contributed by atoms with Gasteiger partial charge in [0.15, 0.2) is 0 Å². The highest BCUT2D eigenvalue weighted by atomic mass is 79.9. The Hall–Kier alpha value is -2.08. The van der Waals surface area contributed by atoms with Crippen molar-refractivity contribution in [3.05, 3.63) is 97.7 Å². The first-order chi connectivity index (χ1) is 14.0. The van der Waals surface area contributed by atoms with Crippen LogP contribution in [0.4, 0.5) is 4.39 Å². The third-order valence-electron chi connectivity index (χ3n) is 5.16. The highest BCUT2D eigenvalue weighted by Gasteiger charge is 2.41. The Morgan fingerprint density at radius 3 is 2.55 bits per heavy atom. The van der Waals surface area contributed by atoms with Crippen LogP contribution in [0.15, 0.2) is 70.2 Å². The van der Waals surface area contributed by atoms with Gasteiger partial charge in [0.05, 0.1) is 16.8 Å². The van der Waals surface area contributed by atoms with Crippen LogP contribution in [-0.2, 0) is 0 Å². The molecule has 2 aliphatic rings. The third-order valence-corrected chi connectivity index (χ3v) is 6.21. The SMILES string of the molecule is Fc1ccc(C2=NN3[C@@H](C2)c2cc(Br)ccc2O[C@H]3c2ccc(Cl)cc2Cl)cc1. The summed E-state index contributed by atoms with van der Waals surface area (Å²) in [5.41, 5.74) is 3.60. The van der Waals surface area contributed by atoms with E-state index in [-0.39, 0.29) is 11.9 Å². The number of benzene rings is 3. The molecule has 0 spiro atoms. The van der Waals surface area contributed by atoms with Crippen LogP contribution in [0.1, 0.15) is 35.4 Å². The van der Waals surface area contributed by atoms with Gasteiger partial charge in [-0.05, 0) is 48.0 Å². The summed E-state index contributed by atoms with van der Waals surface area (Å²) >= 11 is 16.1. The van der Waals surface area contributed by atoms with Crippen molar-refractivity contribution in [2.45, 2.75) is 18.7 Å². The zero-order valence-corrected chi connectivity index (χ0v) is 18.0. The number of rotatable bonds is 2. The van der Waals surface area contributed by atoms with E-state index < -0.39 is 6.23 Å². The summed E-state index contributed by atoms with van der Waals surface area (Å²) in [5, 5.41) is 7.87. The third kappa shape index (κ3) is 3.41. The predicted octanol–water partition coefficient (Wildman–Crippen LogP) is 7.14. The van der Waals surface area contributed by atoms with Gasteiger partial charge in [-0.25, -0.2) is 9.40 Å². The molecule has 0 unspecified atom stereocenters. The Labute approximate surface area is 185 Å². The minimum Gasteiger partial charge on any atom is -0.464 e. The fourth-order valence-electron chi connectivity index (χ4n) is 3.78. The molecule has 29 heavy (non-hydrogen) atoms. The summed E-state index contributed by atoms with van der Waals surface area (Å²) in [4.78, 5) is 0. The first-order valence-electron chi connectivity index (χ1n) is 9.02. The summed E-state index contributed by atoms with van der Waals surface area (Å²) in [6, 6.07) is 17.7. The molecule has 2 atom stereocenters. The molecule has 7 heteroatoms. The molecule has 0 radical (unpaired) electrons. The van der Waals surface area contributed by atoms with E-state index >= 15 is 0 Å². The molecule has 0 fully saturated rings. The number of hydrazone groups is 1. The summed E-state index contributed by atoms with van der Waals surface area (Å²) < 4.78 is 20.7. The second-order valence-corrected chi connectivity index (χ2v) is 8.73. The topological polar surface area (TPSA) is 24.8 Å². The molecule has 0 aromatic heterocycles. The fourth-order valence-corrected chi connectivity index (χ4v) is 4.66. The predicted molar refractivity (Wildman–Crippen MR) is 116 cm³/mol. The van der Waals surface area contributed by atoms with Crippen LogP contribution in [0, 0.1) is 5.82 Å². The molecular formula is C22H14BrCl2FN2O. The van der Waals surface area contributed by atoms with Crippen molar-refractivity contribution < 1.29 is 9.13 Å². The van der Waals surface area contributed by atoms with Gasteiger partial charge in [0.25, 0.3) is 0 Å². The quantitative estimate of drug-likeness (QED) is 0.380. The Morgan fingerprint density at radius 2 is 1.79 bits per heavy atom. The summed E-state index contributed by atoms with van der Waals surface area (Å²) in [6.45, 7) is 0. The molecule has 3 aromatic carbocycles. The monoisotopic (exact) mass is 490 g/mol. The zero-order chi connectivity index (χ0) is 20.1. The van der Waals surface area contributed by atoms with E-state index in [1.807, 2.05) is 23.2 Å². The lowest BCUT2D eigenvalue weighted by Gasteiger charge is -2.38. The van der Waals surface area contributed by atoms with Crippen LogP contribution in [0.5, 0.6) is 5.75 Å². The number of hydrogen-bond acceptors (Lipinski definition) is 3. The Balaban J connectivity index is 1.62. The van der Waals surface area contributed by atoms with Crippen molar-refractivity contribution in [2.24, 2.45) is 5.10 Å². The van der Waals surface area contributed by atoms with E-state index in [1.54, 1.807) is 24.3 Å². The number of nitrogens with zero attached hydrogens (tertiary/aromatic N) is 2. The molecule has 5 rings (SSSR count). The molecule has 2 aliphatic heterocycles. The van der Waals surface area contributed by atoms with Crippen LogP contribution in [0.2, 0.25) is 10.0 Å². The molecule has 0 saturated carbocycles. The average Bonchev–Trinajstić information content (AvgIpc) is 3.14. The molecule has 0 N–H and O–H groups in total. The molecule has 146 valence electrons. The van der Waals surface area contributed by atoms with Gasteiger partial charge < -0.3 is 4.74 Å². The molecular weight excluding hydrogens is 478 g/mol. The van der Waals surface area contributed by atoms with Gasteiger partial charge in [-0.15, -0.1) is 0 Å². The smallest absolute Gasteiger partial charge is 0.215 e. The first-order valence-corrected chi connectivity index (χ1v) is 10.6. The van der Waals surface area contributed by atoms with Gasteiger partial charge in [0.2, 0.25) is 6.23 Å². The molecule has 2 heterocycles. The minimum atomic E-state index is -0.489. The van der Waals surface area contributed by atoms with Crippen molar-refractivity contribution in [3.8, 4) is 5.75 Å². The highest BCUT2D eigenvalue weighted by Crippen LogP contribution is 2.49. The van der Waals surface area contributed by atoms with Gasteiger partial charge in [-0.2, -0.15) is 5.10 Å². The lowest BCUT2D eigenvalue weighted by molar-refractivity contribution is -0.0190. The minimum absolute atomic E-state index is 0.0203. The summed E-state index contributed by atoms with van der Waals surface area (Å²) in [5.74, 6) is 0.523. The average molecular weight is 492 g/mol. The summed E-state index contributed by atoms with van der Waals surface area (Å²) in [6.07, 6.45) is 0.191. The van der Waals surface area contributed by atoms with Crippen LogP contribution in [0.3, 0.4) is 0 Å². The van der Waals surface area contributed by atoms with E-state index in [0.717, 1.165) is 32.6 Å². The van der Waals surface area contributed by atoms with Gasteiger partial charge in [-0.3, -0.25) is 0 Å². The lowest BCUT2D eigenvalue weighted by atomic mass is 9.96. The molecule has 3 aromatic rings.